The van der Waals surface area contributed by atoms with Crippen LogP contribution in [0.3, 0.4) is 0 Å². The van der Waals surface area contributed by atoms with Gasteiger partial charge in [0.15, 0.2) is 0 Å². The molecule has 0 aliphatic carbocycles. The van der Waals surface area contributed by atoms with Gasteiger partial charge in [-0.15, -0.1) is 0 Å². The molecule has 6 nitrogen and oxygen atoms in total. The zero-order valence-electron chi connectivity index (χ0n) is 13.8. The Bertz CT molecular complexity index is 744. The summed E-state index contributed by atoms with van der Waals surface area (Å²) in [4.78, 5) is 25.0. The van der Waals surface area contributed by atoms with Crippen molar-refractivity contribution in [2.24, 2.45) is 0 Å². The highest BCUT2D eigenvalue weighted by Crippen LogP contribution is 2.26. The van der Waals surface area contributed by atoms with Crippen molar-refractivity contribution in [2.75, 3.05) is 38.5 Å². The summed E-state index contributed by atoms with van der Waals surface area (Å²) in [6, 6.07) is 7.72. The number of aryl methyl sites for hydroxylation is 1. The average Bonchev–Trinajstić information content (AvgIpc) is 2.58. The summed E-state index contributed by atoms with van der Waals surface area (Å²) >= 11 is 3.53. The van der Waals surface area contributed by atoms with Gasteiger partial charge < -0.3 is 15.1 Å². The summed E-state index contributed by atoms with van der Waals surface area (Å²) < 4.78 is 0.952. The van der Waals surface area contributed by atoms with E-state index in [1.54, 1.807) is 6.07 Å². The van der Waals surface area contributed by atoms with Gasteiger partial charge in [0.2, 0.25) is 0 Å². The lowest BCUT2D eigenvalue weighted by Crippen LogP contribution is -2.47. The first kappa shape index (κ1) is 16.9. The highest BCUT2D eigenvalue weighted by atomic mass is 79.9. The monoisotopic (exact) mass is 389 g/mol. The summed E-state index contributed by atoms with van der Waals surface area (Å²) in [5, 5.41) is 3.23. The van der Waals surface area contributed by atoms with E-state index in [4.69, 9.17) is 0 Å². The molecule has 0 bridgehead atoms. The molecule has 7 heteroatoms. The summed E-state index contributed by atoms with van der Waals surface area (Å²) in [5.74, 6) is 0.559. The molecule has 24 heavy (non-hydrogen) atoms. The Kier molecular flexibility index (Phi) is 5.11. The van der Waals surface area contributed by atoms with E-state index >= 15 is 0 Å². The number of amides is 1. The maximum atomic E-state index is 12.6. The zero-order chi connectivity index (χ0) is 17.1. The second kappa shape index (κ2) is 7.27. The topological polar surface area (TPSA) is 61.4 Å². The van der Waals surface area contributed by atoms with Gasteiger partial charge in [-0.25, -0.2) is 9.97 Å². The molecule has 1 aromatic heterocycles. The Balaban J connectivity index is 1.75. The molecule has 2 heterocycles. The maximum Gasteiger partial charge on any atom is 0.272 e. The second-order valence-corrected chi connectivity index (χ2v) is 6.85. The maximum absolute atomic E-state index is 12.6. The fourth-order valence-corrected chi connectivity index (χ4v) is 3.17. The van der Waals surface area contributed by atoms with E-state index in [1.807, 2.05) is 30.0 Å². The number of likely N-dealkylation sites (N-methyl/N-ethyl adjacent to an activating group) is 1. The lowest BCUT2D eigenvalue weighted by atomic mass is 10.2. The van der Waals surface area contributed by atoms with Gasteiger partial charge in [-0.05, 0) is 47.6 Å². The zero-order valence-corrected chi connectivity index (χ0v) is 15.4. The van der Waals surface area contributed by atoms with Crippen LogP contribution >= 0.6 is 15.9 Å². The number of rotatable bonds is 3. The van der Waals surface area contributed by atoms with Gasteiger partial charge in [-0.3, -0.25) is 4.79 Å². The predicted octanol–water partition coefficient (Wildman–Crippen LogP) is 2.68. The number of carbonyl (C=O) groups is 1. The number of aromatic nitrogens is 2. The third-order valence-electron chi connectivity index (χ3n) is 4.06. The summed E-state index contributed by atoms with van der Waals surface area (Å²) in [5.41, 5.74) is 2.48. The molecule has 0 spiro atoms. The molecule has 1 amide bonds. The summed E-state index contributed by atoms with van der Waals surface area (Å²) in [6.07, 6.45) is 1.42. The number of hydrogen-bond donors (Lipinski definition) is 1. The number of nitrogens with one attached hydrogen (secondary N) is 1. The third kappa shape index (κ3) is 3.91. The van der Waals surface area contributed by atoms with Crippen LogP contribution in [-0.4, -0.2) is 58.9 Å². The van der Waals surface area contributed by atoms with Crippen molar-refractivity contribution in [3.63, 3.8) is 0 Å². The Morgan fingerprint density at radius 2 is 1.92 bits per heavy atom. The number of halogens is 1. The van der Waals surface area contributed by atoms with Gasteiger partial charge in [0.05, 0.1) is 5.69 Å². The molecule has 1 fully saturated rings. The Morgan fingerprint density at radius 3 is 2.62 bits per heavy atom. The molecule has 3 rings (SSSR count). The second-order valence-electron chi connectivity index (χ2n) is 5.99. The molecule has 1 aliphatic rings. The summed E-state index contributed by atoms with van der Waals surface area (Å²) in [7, 11) is 2.06. The molecular weight excluding hydrogens is 370 g/mol. The number of carbonyl (C=O) groups excluding carboxylic acids is 1. The van der Waals surface area contributed by atoms with Crippen molar-refractivity contribution in [2.45, 2.75) is 6.92 Å². The van der Waals surface area contributed by atoms with Crippen LogP contribution in [0, 0.1) is 6.92 Å². The standard InChI is InChI=1S/C17H20BrN5O/c1-12-3-4-14(13(18)9-12)21-16-10-15(19-11-20-16)17(24)23-7-5-22(2)6-8-23/h3-4,9-11H,5-8H2,1-2H3,(H,19,20,21). The minimum absolute atomic E-state index is 0.0449. The van der Waals surface area contributed by atoms with Gasteiger partial charge in [-0.1, -0.05) is 6.07 Å². The molecule has 2 aromatic rings. The van der Waals surface area contributed by atoms with Gasteiger partial charge in [0.25, 0.3) is 5.91 Å². The smallest absolute Gasteiger partial charge is 0.272 e. The van der Waals surface area contributed by atoms with E-state index in [9.17, 15) is 4.79 Å². The predicted molar refractivity (Wildman–Crippen MR) is 97.6 cm³/mol. The quantitative estimate of drug-likeness (QED) is 0.873. The van der Waals surface area contributed by atoms with Crippen molar-refractivity contribution in [1.29, 1.82) is 0 Å². The van der Waals surface area contributed by atoms with Crippen molar-refractivity contribution in [3.8, 4) is 0 Å². The Morgan fingerprint density at radius 1 is 1.17 bits per heavy atom. The van der Waals surface area contributed by atoms with Crippen LogP contribution in [0.2, 0.25) is 0 Å². The first-order valence-electron chi connectivity index (χ1n) is 7.86. The largest absolute Gasteiger partial charge is 0.339 e. The van der Waals surface area contributed by atoms with Crippen LogP contribution in [0.25, 0.3) is 0 Å². The number of anilines is 2. The van der Waals surface area contributed by atoms with Gasteiger partial charge in [-0.2, -0.15) is 0 Å². The number of nitrogens with zero attached hydrogens (tertiary/aromatic N) is 4. The minimum Gasteiger partial charge on any atom is -0.339 e. The normalized spacial score (nSPS) is 15.4. The Hall–Kier alpha value is -1.99. The van der Waals surface area contributed by atoms with Gasteiger partial charge in [0, 0.05) is 36.7 Å². The van der Waals surface area contributed by atoms with Gasteiger partial charge in [0.1, 0.15) is 17.8 Å². The van der Waals surface area contributed by atoms with Crippen LogP contribution in [0.15, 0.2) is 35.1 Å². The van der Waals surface area contributed by atoms with E-state index in [2.05, 4.69) is 43.2 Å². The third-order valence-corrected chi connectivity index (χ3v) is 4.72. The number of benzene rings is 1. The Labute approximate surface area is 150 Å². The van der Waals surface area contributed by atoms with E-state index in [-0.39, 0.29) is 5.91 Å². The lowest BCUT2D eigenvalue weighted by molar-refractivity contribution is 0.0658. The first-order valence-corrected chi connectivity index (χ1v) is 8.65. The lowest BCUT2D eigenvalue weighted by Gasteiger charge is -2.32. The SMILES string of the molecule is Cc1ccc(Nc2cc(C(=O)N3CCN(C)CC3)ncn2)c(Br)c1. The number of hydrogen-bond acceptors (Lipinski definition) is 5. The molecule has 126 valence electrons. The van der Waals surface area contributed by atoms with Crippen molar-refractivity contribution >= 4 is 33.3 Å². The molecule has 0 radical (unpaired) electrons. The van der Waals surface area contributed by atoms with E-state index in [0.29, 0.717) is 11.5 Å². The molecular formula is C17H20BrN5O. The van der Waals surface area contributed by atoms with E-state index in [1.165, 1.54) is 11.9 Å². The average molecular weight is 390 g/mol. The highest BCUT2D eigenvalue weighted by Gasteiger charge is 2.21. The minimum atomic E-state index is -0.0449. The van der Waals surface area contributed by atoms with Crippen LogP contribution < -0.4 is 5.32 Å². The fraction of sp³-hybridized carbons (Fsp3) is 0.353. The molecule has 0 atom stereocenters. The molecule has 0 saturated carbocycles. The van der Waals surface area contributed by atoms with E-state index < -0.39 is 0 Å². The molecule has 1 saturated heterocycles. The van der Waals surface area contributed by atoms with Crippen molar-refractivity contribution in [1.82, 2.24) is 19.8 Å². The molecule has 1 aromatic carbocycles. The van der Waals surface area contributed by atoms with Crippen molar-refractivity contribution < 1.29 is 4.79 Å². The number of piperazine rings is 1. The first-order chi connectivity index (χ1) is 11.5. The van der Waals surface area contributed by atoms with Crippen LogP contribution in [-0.2, 0) is 0 Å². The molecule has 0 unspecified atom stereocenters. The van der Waals surface area contributed by atoms with Crippen LogP contribution in [0.5, 0.6) is 0 Å². The summed E-state index contributed by atoms with van der Waals surface area (Å²) in [6.45, 7) is 5.26. The van der Waals surface area contributed by atoms with Crippen molar-refractivity contribution in [3.05, 3.63) is 46.3 Å². The van der Waals surface area contributed by atoms with Crippen LogP contribution in [0.4, 0.5) is 11.5 Å². The van der Waals surface area contributed by atoms with E-state index in [0.717, 1.165) is 36.3 Å². The molecule has 1 N–H and O–H groups in total. The fourth-order valence-electron chi connectivity index (χ4n) is 2.57. The van der Waals surface area contributed by atoms with Crippen LogP contribution in [0.1, 0.15) is 16.1 Å². The van der Waals surface area contributed by atoms with Gasteiger partial charge >= 0.3 is 0 Å². The highest BCUT2D eigenvalue weighted by molar-refractivity contribution is 9.10. The molecule has 1 aliphatic heterocycles.